The van der Waals surface area contributed by atoms with Crippen molar-refractivity contribution in [1.82, 2.24) is 4.90 Å². The first-order valence-corrected chi connectivity index (χ1v) is 12.2. The van der Waals surface area contributed by atoms with Gasteiger partial charge in [-0.2, -0.15) is 0 Å². The Hall–Kier alpha value is -3.73. The second kappa shape index (κ2) is 10.3. The zero-order valence-electron chi connectivity index (χ0n) is 19.4. The van der Waals surface area contributed by atoms with Gasteiger partial charge in [-0.25, -0.2) is 9.59 Å². The molecule has 0 spiro atoms. The van der Waals surface area contributed by atoms with E-state index in [2.05, 4.69) is 5.32 Å². The maximum Gasteiger partial charge on any atom is 0.410 e. The van der Waals surface area contributed by atoms with Crippen molar-refractivity contribution < 1.29 is 33.4 Å². The Bertz CT molecular complexity index is 1170. The van der Waals surface area contributed by atoms with Gasteiger partial charge >= 0.3 is 12.1 Å². The third-order valence-electron chi connectivity index (χ3n) is 5.73. The summed E-state index contributed by atoms with van der Waals surface area (Å²) in [6.07, 6.45) is 0.356. The minimum absolute atomic E-state index is 0.175. The van der Waals surface area contributed by atoms with Gasteiger partial charge in [-0.15, -0.1) is 11.3 Å². The molecule has 4 amide bonds. The number of ether oxygens (including phenoxy) is 2. The van der Waals surface area contributed by atoms with Gasteiger partial charge in [0, 0.05) is 29.8 Å². The van der Waals surface area contributed by atoms with E-state index in [0.29, 0.717) is 34.8 Å². The molecule has 1 fully saturated rings. The molecular formula is C24H25N3O7S. The number of rotatable bonds is 6. The summed E-state index contributed by atoms with van der Waals surface area (Å²) < 4.78 is 10.3. The van der Waals surface area contributed by atoms with Crippen molar-refractivity contribution >= 4 is 51.8 Å². The standard InChI is InChI=1S/C24H25N3O7S/c1-3-33-23(31)20-16-11-12-26(24(32)34-4-2)13-17(16)35-22(20)25-21(30)14-5-7-15(8-6-14)27-18(28)9-10-19(27)29/h5-8H,3-4,9-13H2,1-2H3,(H,25,30). The van der Waals surface area contributed by atoms with Gasteiger partial charge in [-0.1, -0.05) is 0 Å². The van der Waals surface area contributed by atoms with E-state index in [1.165, 1.54) is 23.5 Å². The molecule has 1 saturated heterocycles. The molecule has 1 aromatic carbocycles. The van der Waals surface area contributed by atoms with Crippen LogP contribution in [0.25, 0.3) is 0 Å². The van der Waals surface area contributed by atoms with Gasteiger partial charge < -0.3 is 19.7 Å². The molecule has 4 rings (SSSR count). The summed E-state index contributed by atoms with van der Waals surface area (Å²) in [6.45, 7) is 4.54. The summed E-state index contributed by atoms with van der Waals surface area (Å²) in [7, 11) is 0. The molecule has 0 radical (unpaired) electrons. The predicted molar refractivity (Wildman–Crippen MR) is 128 cm³/mol. The van der Waals surface area contributed by atoms with Crippen LogP contribution in [-0.2, 0) is 32.0 Å². The van der Waals surface area contributed by atoms with Crippen LogP contribution in [0, 0.1) is 0 Å². The number of carbonyl (C=O) groups excluding carboxylic acids is 5. The van der Waals surface area contributed by atoms with E-state index in [4.69, 9.17) is 9.47 Å². The normalized spacial score (nSPS) is 15.1. The van der Waals surface area contributed by atoms with Crippen LogP contribution in [-0.4, -0.2) is 54.4 Å². The number of esters is 1. The van der Waals surface area contributed by atoms with Crippen molar-refractivity contribution in [2.45, 2.75) is 39.7 Å². The first kappa shape index (κ1) is 24.4. The lowest BCUT2D eigenvalue weighted by Gasteiger charge is -2.26. The molecule has 0 saturated carbocycles. The van der Waals surface area contributed by atoms with Gasteiger partial charge in [0.2, 0.25) is 11.8 Å². The number of benzene rings is 1. The summed E-state index contributed by atoms with van der Waals surface area (Å²) >= 11 is 1.22. The Morgan fingerprint density at radius 1 is 0.971 bits per heavy atom. The third kappa shape index (κ3) is 4.90. The lowest BCUT2D eigenvalue weighted by atomic mass is 10.0. The fourth-order valence-corrected chi connectivity index (χ4v) is 5.33. The largest absolute Gasteiger partial charge is 0.462 e. The Balaban J connectivity index is 1.57. The van der Waals surface area contributed by atoms with Crippen molar-refractivity contribution in [3.63, 3.8) is 0 Å². The Kier molecular flexibility index (Phi) is 7.15. The molecular weight excluding hydrogens is 474 g/mol. The lowest BCUT2D eigenvalue weighted by molar-refractivity contribution is -0.121. The van der Waals surface area contributed by atoms with Crippen molar-refractivity contribution in [3.8, 4) is 0 Å². The van der Waals surface area contributed by atoms with E-state index in [1.807, 2.05) is 0 Å². The zero-order valence-corrected chi connectivity index (χ0v) is 20.2. The van der Waals surface area contributed by atoms with Crippen molar-refractivity contribution in [1.29, 1.82) is 0 Å². The molecule has 1 aromatic heterocycles. The monoisotopic (exact) mass is 499 g/mol. The van der Waals surface area contributed by atoms with E-state index in [0.717, 1.165) is 15.3 Å². The van der Waals surface area contributed by atoms with E-state index in [9.17, 15) is 24.0 Å². The molecule has 1 N–H and O–H groups in total. The quantitative estimate of drug-likeness (QED) is 0.478. The highest BCUT2D eigenvalue weighted by Crippen LogP contribution is 2.38. The van der Waals surface area contributed by atoms with Crippen LogP contribution in [0.4, 0.5) is 15.5 Å². The van der Waals surface area contributed by atoms with Gasteiger partial charge in [0.25, 0.3) is 5.91 Å². The number of anilines is 2. The fourth-order valence-electron chi connectivity index (χ4n) is 4.08. The van der Waals surface area contributed by atoms with Crippen LogP contribution in [0.3, 0.4) is 0 Å². The number of carbonyl (C=O) groups is 5. The summed E-state index contributed by atoms with van der Waals surface area (Å²) in [4.78, 5) is 65.3. The van der Waals surface area contributed by atoms with Gasteiger partial charge in [-0.05, 0) is 50.1 Å². The van der Waals surface area contributed by atoms with Crippen LogP contribution in [0.15, 0.2) is 24.3 Å². The number of thiophene rings is 1. The molecule has 0 unspecified atom stereocenters. The molecule has 10 nitrogen and oxygen atoms in total. The Morgan fingerprint density at radius 2 is 1.63 bits per heavy atom. The molecule has 35 heavy (non-hydrogen) atoms. The van der Waals surface area contributed by atoms with E-state index < -0.39 is 18.0 Å². The highest BCUT2D eigenvalue weighted by molar-refractivity contribution is 7.17. The minimum Gasteiger partial charge on any atom is -0.462 e. The number of hydrogen-bond donors (Lipinski definition) is 1. The Morgan fingerprint density at radius 3 is 2.26 bits per heavy atom. The zero-order chi connectivity index (χ0) is 25.1. The number of hydrogen-bond acceptors (Lipinski definition) is 8. The van der Waals surface area contributed by atoms with Gasteiger partial charge in [0.15, 0.2) is 0 Å². The van der Waals surface area contributed by atoms with Crippen LogP contribution in [0.2, 0.25) is 0 Å². The topological polar surface area (TPSA) is 122 Å². The molecule has 3 heterocycles. The maximum absolute atomic E-state index is 13.0. The smallest absolute Gasteiger partial charge is 0.410 e. The van der Waals surface area contributed by atoms with Gasteiger partial charge in [-0.3, -0.25) is 19.3 Å². The molecule has 11 heteroatoms. The third-order valence-corrected chi connectivity index (χ3v) is 6.86. The molecule has 0 aliphatic carbocycles. The summed E-state index contributed by atoms with van der Waals surface area (Å²) in [5.74, 6) is -1.53. The van der Waals surface area contributed by atoms with E-state index >= 15 is 0 Å². The van der Waals surface area contributed by atoms with Crippen LogP contribution < -0.4 is 10.2 Å². The number of imide groups is 1. The highest BCUT2D eigenvalue weighted by atomic mass is 32.1. The van der Waals surface area contributed by atoms with Crippen LogP contribution >= 0.6 is 11.3 Å². The molecule has 2 aromatic rings. The molecule has 2 aliphatic rings. The minimum atomic E-state index is -0.536. The number of fused-ring (bicyclic) bond motifs is 1. The fraction of sp³-hybridized carbons (Fsp3) is 0.375. The predicted octanol–water partition coefficient (Wildman–Crippen LogP) is 3.35. The van der Waals surface area contributed by atoms with E-state index in [-0.39, 0.29) is 44.4 Å². The number of nitrogens with one attached hydrogen (secondary N) is 1. The first-order chi connectivity index (χ1) is 16.8. The molecule has 0 bridgehead atoms. The Labute approximate surface area is 205 Å². The first-order valence-electron chi connectivity index (χ1n) is 11.3. The molecule has 2 aliphatic heterocycles. The summed E-state index contributed by atoms with van der Waals surface area (Å²) in [5, 5.41) is 3.14. The molecule has 0 atom stereocenters. The average molecular weight is 500 g/mol. The SMILES string of the molecule is CCOC(=O)c1c(NC(=O)c2ccc(N3C(=O)CCC3=O)cc2)sc2c1CCN(C(=O)OCC)C2. The second-order valence-corrected chi connectivity index (χ2v) is 9.03. The maximum atomic E-state index is 13.0. The summed E-state index contributed by atoms with van der Waals surface area (Å²) in [5.41, 5.74) is 1.76. The van der Waals surface area contributed by atoms with E-state index in [1.54, 1.807) is 30.9 Å². The number of nitrogens with zero attached hydrogens (tertiary/aromatic N) is 2. The van der Waals surface area contributed by atoms with Crippen molar-refractivity contribution in [2.24, 2.45) is 0 Å². The van der Waals surface area contributed by atoms with Crippen molar-refractivity contribution in [2.75, 3.05) is 30.0 Å². The lowest BCUT2D eigenvalue weighted by Crippen LogP contribution is -2.36. The van der Waals surface area contributed by atoms with Crippen LogP contribution in [0.5, 0.6) is 0 Å². The second-order valence-electron chi connectivity index (χ2n) is 7.92. The average Bonchev–Trinajstić information content (AvgIpc) is 3.37. The van der Waals surface area contributed by atoms with Crippen LogP contribution in [0.1, 0.15) is 57.8 Å². The van der Waals surface area contributed by atoms with Gasteiger partial charge in [0.1, 0.15) is 5.00 Å². The molecule has 184 valence electrons. The highest BCUT2D eigenvalue weighted by Gasteiger charge is 2.32. The summed E-state index contributed by atoms with van der Waals surface area (Å²) in [6, 6.07) is 6.12. The van der Waals surface area contributed by atoms with Gasteiger partial charge in [0.05, 0.1) is 31.0 Å². The van der Waals surface area contributed by atoms with Crippen molar-refractivity contribution in [3.05, 3.63) is 45.8 Å². The number of amides is 4.